The summed E-state index contributed by atoms with van der Waals surface area (Å²) in [5, 5.41) is 14.4. The average molecular weight is 307 g/mol. The van der Waals surface area contributed by atoms with Gasteiger partial charge < -0.3 is 20.6 Å². The third-order valence-electron chi connectivity index (χ3n) is 3.33. The Balaban J connectivity index is 2.21. The molecule has 6 heteroatoms. The zero-order valence-electron chi connectivity index (χ0n) is 13.3. The molecule has 0 radical (unpaired) electrons. The largest absolute Gasteiger partial charge is 0.478 e. The van der Waals surface area contributed by atoms with E-state index >= 15 is 0 Å². The highest BCUT2D eigenvalue weighted by molar-refractivity contribution is 5.87. The minimum Gasteiger partial charge on any atom is -0.478 e. The molecule has 1 aromatic rings. The quantitative estimate of drug-likeness (QED) is 0.651. The van der Waals surface area contributed by atoms with E-state index < -0.39 is 5.97 Å². The Labute approximate surface area is 131 Å². The van der Waals surface area contributed by atoms with Crippen LogP contribution in [-0.4, -0.2) is 48.7 Å². The first-order valence-electron chi connectivity index (χ1n) is 7.55. The molecular formula is C16H25N3O3. The number of urea groups is 1. The van der Waals surface area contributed by atoms with Crippen LogP contribution in [-0.2, 0) is 6.54 Å². The van der Waals surface area contributed by atoms with E-state index in [0.29, 0.717) is 13.1 Å². The number of amides is 2. The van der Waals surface area contributed by atoms with Gasteiger partial charge in [0, 0.05) is 19.6 Å². The van der Waals surface area contributed by atoms with Gasteiger partial charge in [0.2, 0.25) is 0 Å². The van der Waals surface area contributed by atoms with Crippen LogP contribution in [0.5, 0.6) is 0 Å². The van der Waals surface area contributed by atoms with Gasteiger partial charge in [0.15, 0.2) is 0 Å². The number of carboxylic acids is 1. The van der Waals surface area contributed by atoms with Crippen LogP contribution in [0.1, 0.15) is 35.7 Å². The summed E-state index contributed by atoms with van der Waals surface area (Å²) in [6.45, 7) is 4.99. The number of likely N-dealkylation sites (N-methyl/N-ethyl adjacent to an activating group) is 1. The number of unbranched alkanes of at least 4 members (excludes halogenated alkanes) is 1. The van der Waals surface area contributed by atoms with Crippen molar-refractivity contribution in [2.75, 3.05) is 26.7 Å². The third-order valence-corrected chi connectivity index (χ3v) is 3.33. The highest BCUT2D eigenvalue weighted by Crippen LogP contribution is 2.04. The fourth-order valence-corrected chi connectivity index (χ4v) is 1.91. The van der Waals surface area contributed by atoms with Crippen molar-refractivity contribution in [3.05, 3.63) is 35.4 Å². The first kappa shape index (κ1) is 18.0. The topological polar surface area (TPSA) is 81.7 Å². The van der Waals surface area contributed by atoms with E-state index in [4.69, 9.17) is 5.11 Å². The molecule has 0 aromatic heterocycles. The lowest BCUT2D eigenvalue weighted by atomic mass is 10.1. The summed E-state index contributed by atoms with van der Waals surface area (Å²) in [6.07, 6.45) is 2.33. The van der Waals surface area contributed by atoms with Gasteiger partial charge in [-0.25, -0.2) is 9.59 Å². The van der Waals surface area contributed by atoms with Crippen molar-refractivity contribution >= 4 is 12.0 Å². The van der Waals surface area contributed by atoms with Crippen LogP contribution >= 0.6 is 0 Å². The highest BCUT2D eigenvalue weighted by atomic mass is 16.4. The van der Waals surface area contributed by atoms with E-state index in [0.717, 1.165) is 25.1 Å². The minimum absolute atomic E-state index is 0.216. The number of aromatic carboxylic acids is 1. The van der Waals surface area contributed by atoms with Crippen molar-refractivity contribution in [2.45, 2.75) is 26.3 Å². The molecule has 3 N–H and O–H groups in total. The van der Waals surface area contributed by atoms with E-state index in [1.54, 1.807) is 12.1 Å². The van der Waals surface area contributed by atoms with E-state index in [1.807, 2.05) is 7.05 Å². The monoisotopic (exact) mass is 307 g/mol. The van der Waals surface area contributed by atoms with E-state index in [9.17, 15) is 9.59 Å². The third kappa shape index (κ3) is 7.08. The molecule has 0 saturated carbocycles. The minimum atomic E-state index is -0.954. The summed E-state index contributed by atoms with van der Waals surface area (Å²) >= 11 is 0. The Kier molecular flexibility index (Phi) is 7.99. The number of nitrogens with one attached hydrogen (secondary N) is 2. The van der Waals surface area contributed by atoms with Crippen LogP contribution < -0.4 is 10.6 Å². The molecule has 0 fully saturated rings. The average Bonchev–Trinajstić information content (AvgIpc) is 2.51. The maximum absolute atomic E-state index is 11.7. The highest BCUT2D eigenvalue weighted by Gasteiger charge is 2.04. The van der Waals surface area contributed by atoms with Crippen molar-refractivity contribution in [1.82, 2.24) is 15.5 Å². The van der Waals surface area contributed by atoms with E-state index in [1.165, 1.54) is 18.6 Å². The fourth-order valence-electron chi connectivity index (χ4n) is 1.91. The molecule has 0 aliphatic carbocycles. The molecule has 1 rings (SSSR count). The van der Waals surface area contributed by atoms with Gasteiger partial charge >= 0.3 is 12.0 Å². The second kappa shape index (κ2) is 9.78. The van der Waals surface area contributed by atoms with Crippen molar-refractivity contribution in [2.24, 2.45) is 0 Å². The fraction of sp³-hybridized carbons (Fsp3) is 0.500. The van der Waals surface area contributed by atoms with Crippen LogP contribution in [0.2, 0.25) is 0 Å². The molecule has 0 aliphatic rings. The second-order valence-electron chi connectivity index (χ2n) is 5.27. The van der Waals surface area contributed by atoms with Gasteiger partial charge in [-0.2, -0.15) is 0 Å². The smallest absolute Gasteiger partial charge is 0.335 e. The van der Waals surface area contributed by atoms with Crippen molar-refractivity contribution in [1.29, 1.82) is 0 Å². The lowest BCUT2D eigenvalue weighted by molar-refractivity contribution is 0.0697. The van der Waals surface area contributed by atoms with Crippen LogP contribution in [0, 0.1) is 0 Å². The predicted octanol–water partition coefficient (Wildman–Crippen LogP) is 1.92. The summed E-state index contributed by atoms with van der Waals surface area (Å²) in [4.78, 5) is 24.6. The second-order valence-corrected chi connectivity index (χ2v) is 5.27. The summed E-state index contributed by atoms with van der Waals surface area (Å²) in [7, 11) is 2.04. The van der Waals surface area contributed by atoms with Crippen LogP contribution in [0.15, 0.2) is 24.3 Å². The Morgan fingerprint density at radius 1 is 1.14 bits per heavy atom. The number of carbonyl (C=O) groups is 2. The summed E-state index contributed by atoms with van der Waals surface area (Å²) in [5.41, 5.74) is 1.10. The number of rotatable bonds is 9. The number of nitrogens with zero attached hydrogens (tertiary/aromatic N) is 1. The Morgan fingerprint density at radius 2 is 1.82 bits per heavy atom. The van der Waals surface area contributed by atoms with Gasteiger partial charge in [0.05, 0.1) is 5.56 Å². The first-order valence-corrected chi connectivity index (χ1v) is 7.55. The van der Waals surface area contributed by atoms with Crippen LogP contribution in [0.25, 0.3) is 0 Å². The number of benzene rings is 1. The van der Waals surface area contributed by atoms with Crippen LogP contribution in [0.4, 0.5) is 4.79 Å². The Morgan fingerprint density at radius 3 is 2.41 bits per heavy atom. The molecule has 22 heavy (non-hydrogen) atoms. The molecule has 0 bridgehead atoms. The molecule has 122 valence electrons. The van der Waals surface area contributed by atoms with E-state index in [-0.39, 0.29) is 11.6 Å². The molecule has 0 heterocycles. The summed E-state index contributed by atoms with van der Waals surface area (Å²) < 4.78 is 0. The van der Waals surface area contributed by atoms with Crippen molar-refractivity contribution in [3.8, 4) is 0 Å². The zero-order valence-corrected chi connectivity index (χ0v) is 13.3. The van der Waals surface area contributed by atoms with Gasteiger partial charge in [-0.05, 0) is 37.7 Å². The predicted molar refractivity (Wildman–Crippen MR) is 86.0 cm³/mol. The summed E-state index contributed by atoms with van der Waals surface area (Å²) in [6, 6.07) is 6.23. The maximum Gasteiger partial charge on any atom is 0.335 e. The molecule has 0 aliphatic heterocycles. The Bertz CT molecular complexity index is 474. The lowest BCUT2D eigenvalue weighted by Crippen LogP contribution is -2.39. The van der Waals surface area contributed by atoms with Gasteiger partial charge in [0.25, 0.3) is 0 Å². The number of carboxylic acid groups (broad SMARTS) is 1. The molecular weight excluding hydrogens is 282 g/mol. The molecule has 0 atom stereocenters. The lowest BCUT2D eigenvalue weighted by Gasteiger charge is -2.16. The molecule has 0 spiro atoms. The van der Waals surface area contributed by atoms with E-state index in [2.05, 4.69) is 22.5 Å². The molecule has 1 aromatic carbocycles. The molecule has 0 saturated heterocycles. The Hall–Kier alpha value is -2.08. The van der Waals surface area contributed by atoms with Gasteiger partial charge in [-0.15, -0.1) is 0 Å². The number of hydrogen-bond acceptors (Lipinski definition) is 3. The first-order chi connectivity index (χ1) is 10.5. The maximum atomic E-state index is 11.7. The van der Waals surface area contributed by atoms with Gasteiger partial charge in [-0.1, -0.05) is 25.5 Å². The van der Waals surface area contributed by atoms with Crippen LogP contribution in [0.3, 0.4) is 0 Å². The number of hydrogen-bond donors (Lipinski definition) is 3. The van der Waals surface area contributed by atoms with Crippen molar-refractivity contribution < 1.29 is 14.7 Å². The van der Waals surface area contributed by atoms with Gasteiger partial charge in [0.1, 0.15) is 0 Å². The zero-order chi connectivity index (χ0) is 16.4. The standard InChI is InChI=1S/C16H25N3O3/c1-3-4-10-19(2)11-9-17-16(22)18-12-13-5-7-14(8-6-13)15(20)21/h5-8H,3-4,9-12H2,1-2H3,(H,20,21)(H2,17,18,22). The molecule has 0 unspecified atom stereocenters. The molecule has 6 nitrogen and oxygen atoms in total. The SMILES string of the molecule is CCCCN(C)CCNC(=O)NCc1ccc(C(=O)O)cc1. The normalized spacial score (nSPS) is 10.5. The van der Waals surface area contributed by atoms with Crippen molar-refractivity contribution in [3.63, 3.8) is 0 Å². The molecule has 2 amide bonds. The number of carbonyl (C=O) groups excluding carboxylic acids is 1. The summed E-state index contributed by atoms with van der Waals surface area (Å²) in [5.74, 6) is -0.954. The van der Waals surface area contributed by atoms with Gasteiger partial charge in [-0.3, -0.25) is 0 Å².